The molecule has 1 heterocycles. The Balaban J connectivity index is 2.35. The van der Waals surface area contributed by atoms with Crippen LogP contribution in [0.25, 0.3) is 0 Å². The second kappa shape index (κ2) is 2.67. The molecule has 9 heavy (non-hydrogen) atoms. The second-order valence-corrected chi connectivity index (χ2v) is 3.02. The minimum atomic E-state index is -0.0776. The Hall–Kier alpha value is -0.0800. The molecule has 1 saturated heterocycles. The van der Waals surface area contributed by atoms with Crippen molar-refractivity contribution < 1.29 is 5.11 Å². The summed E-state index contributed by atoms with van der Waals surface area (Å²) in [6, 6.07) is 0.661. The number of β-amino-alcohol motifs (C(OH)–C–C–N with tert-alkyl or cyclic N) is 1. The SMILES string of the molecule is C[C@H]1CC[C@H](O)CN1C. The highest BCUT2D eigenvalue weighted by molar-refractivity contribution is 4.74. The fraction of sp³-hybridized carbons (Fsp3) is 1.00. The van der Waals surface area contributed by atoms with Crippen LogP contribution < -0.4 is 0 Å². The van der Waals surface area contributed by atoms with E-state index in [0.717, 1.165) is 19.4 Å². The maximum absolute atomic E-state index is 9.16. The van der Waals surface area contributed by atoms with E-state index in [1.54, 1.807) is 0 Å². The summed E-state index contributed by atoms with van der Waals surface area (Å²) in [5.41, 5.74) is 0. The van der Waals surface area contributed by atoms with Gasteiger partial charge in [-0.25, -0.2) is 0 Å². The third-order valence-corrected chi connectivity index (χ3v) is 2.17. The molecule has 2 nitrogen and oxygen atoms in total. The lowest BCUT2D eigenvalue weighted by Crippen LogP contribution is -2.41. The van der Waals surface area contributed by atoms with Gasteiger partial charge in [0, 0.05) is 12.6 Å². The molecule has 1 aliphatic rings. The fourth-order valence-electron chi connectivity index (χ4n) is 1.26. The zero-order valence-corrected chi connectivity index (χ0v) is 6.17. The first-order valence-electron chi connectivity index (χ1n) is 3.58. The number of nitrogens with zero attached hydrogens (tertiary/aromatic N) is 1. The number of likely N-dealkylation sites (N-methyl/N-ethyl adjacent to an activating group) is 1. The topological polar surface area (TPSA) is 23.5 Å². The highest BCUT2D eigenvalue weighted by Gasteiger charge is 2.19. The van der Waals surface area contributed by atoms with Gasteiger partial charge in [-0.3, -0.25) is 0 Å². The van der Waals surface area contributed by atoms with E-state index in [2.05, 4.69) is 18.9 Å². The molecule has 0 spiro atoms. The average Bonchev–Trinajstić information content (AvgIpc) is 1.80. The first-order valence-corrected chi connectivity index (χ1v) is 3.58. The molecule has 2 atom stereocenters. The van der Waals surface area contributed by atoms with Crippen LogP contribution in [0, 0.1) is 0 Å². The van der Waals surface area contributed by atoms with Crippen LogP contribution in [-0.2, 0) is 0 Å². The smallest absolute Gasteiger partial charge is 0.0667 e. The van der Waals surface area contributed by atoms with E-state index in [4.69, 9.17) is 5.11 Å². The molecule has 0 aromatic rings. The van der Waals surface area contributed by atoms with Gasteiger partial charge in [-0.2, -0.15) is 0 Å². The van der Waals surface area contributed by atoms with Crippen LogP contribution >= 0.6 is 0 Å². The summed E-state index contributed by atoms with van der Waals surface area (Å²) < 4.78 is 0. The minimum Gasteiger partial charge on any atom is -0.392 e. The van der Waals surface area contributed by atoms with Crippen molar-refractivity contribution in [1.29, 1.82) is 0 Å². The van der Waals surface area contributed by atoms with E-state index < -0.39 is 0 Å². The third kappa shape index (κ3) is 1.66. The Morgan fingerprint density at radius 2 is 2.11 bits per heavy atom. The molecule has 0 amide bonds. The summed E-state index contributed by atoms with van der Waals surface area (Å²) >= 11 is 0. The number of hydrogen-bond donors (Lipinski definition) is 1. The molecule has 0 unspecified atom stereocenters. The Kier molecular flexibility index (Phi) is 2.09. The largest absolute Gasteiger partial charge is 0.392 e. The van der Waals surface area contributed by atoms with Gasteiger partial charge in [0.05, 0.1) is 6.10 Å². The van der Waals surface area contributed by atoms with Crippen LogP contribution in [0.4, 0.5) is 0 Å². The Morgan fingerprint density at radius 1 is 1.44 bits per heavy atom. The molecule has 1 aliphatic heterocycles. The van der Waals surface area contributed by atoms with Crippen LogP contribution in [0.15, 0.2) is 0 Å². The number of aliphatic hydroxyl groups is 1. The summed E-state index contributed by atoms with van der Waals surface area (Å²) in [5.74, 6) is 0. The molecular weight excluding hydrogens is 114 g/mol. The first kappa shape index (κ1) is 7.03. The first-order chi connectivity index (χ1) is 4.20. The van der Waals surface area contributed by atoms with Gasteiger partial charge in [-0.15, -0.1) is 0 Å². The average molecular weight is 129 g/mol. The Labute approximate surface area is 56.5 Å². The monoisotopic (exact) mass is 129 g/mol. The summed E-state index contributed by atoms with van der Waals surface area (Å²) in [6.45, 7) is 3.05. The summed E-state index contributed by atoms with van der Waals surface area (Å²) in [4.78, 5) is 2.20. The van der Waals surface area contributed by atoms with Crippen molar-refractivity contribution in [3.63, 3.8) is 0 Å². The molecule has 0 radical (unpaired) electrons. The van der Waals surface area contributed by atoms with Gasteiger partial charge in [-0.05, 0) is 26.8 Å². The maximum Gasteiger partial charge on any atom is 0.0667 e. The number of hydrogen-bond acceptors (Lipinski definition) is 2. The third-order valence-electron chi connectivity index (χ3n) is 2.17. The zero-order chi connectivity index (χ0) is 6.85. The maximum atomic E-state index is 9.16. The molecule has 0 aromatic heterocycles. The number of piperidine rings is 1. The van der Waals surface area contributed by atoms with E-state index in [1.165, 1.54) is 0 Å². The van der Waals surface area contributed by atoms with E-state index in [9.17, 15) is 0 Å². The quantitative estimate of drug-likeness (QED) is 0.513. The lowest BCUT2D eigenvalue weighted by Gasteiger charge is -2.32. The van der Waals surface area contributed by atoms with Crippen LogP contribution in [0.5, 0.6) is 0 Å². The molecule has 1 fully saturated rings. The van der Waals surface area contributed by atoms with Gasteiger partial charge in [0.25, 0.3) is 0 Å². The molecule has 0 bridgehead atoms. The Bertz CT molecular complexity index is 94.9. The number of aliphatic hydroxyl groups excluding tert-OH is 1. The highest BCUT2D eigenvalue weighted by Crippen LogP contribution is 2.13. The van der Waals surface area contributed by atoms with Gasteiger partial charge in [-0.1, -0.05) is 0 Å². The molecule has 1 N–H and O–H groups in total. The van der Waals surface area contributed by atoms with Crippen LogP contribution in [0.1, 0.15) is 19.8 Å². The molecule has 2 heteroatoms. The second-order valence-electron chi connectivity index (χ2n) is 3.02. The van der Waals surface area contributed by atoms with E-state index in [0.29, 0.717) is 6.04 Å². The van der Waals surface area contributed by atoms with Gasteiger partial charge in [0.2, 0.25) is 0 Å². The molecule has 0 aliphatic carbocycles. The van der Waals surface area contributed by atoms with E-state index >= 15 is 0 Å². The van der Waals surface area contributed by atoms with Crippen LogP contribution in [0.2, 0.25) is 0 Å². The number of likely N-dealkylation sites (tertiary alicyclic amines) is 1. The minimum absolute atomic E-state index is 0.0776. The lowest BCUT2D eigenvalue weighted by atomic mass is 10.0. The Morgan fingerprint density at radius 3 is 2.56 bits per heavy atom. The predicted molar refractivity (Wildman–Crippen MR) is 37.3 cm³/mol. The van der Waals surface area contributed by atoms with Crippen molar-refractivity contribution in [3.8, 4) is 0 Å². The normalized spacial score (nSPS) is 39.0. The van der Waals surface area contributed by atoms with E-state index in [-0.39, 0.29) is 6.10 Å². The van der Waals surface area contributed by atoms with Crippen LogP contribution in [-0.4, -0.2) is 35.7 Å². The summed E-state index contributed by atoms with van der Waals surface area (Å²) in [6.07, 6.45) is 2.04. The van der Waals surface area contributed by atoms with Crippen molar-refractivity contribution in [3.05, 3.63) is 0 Å². The molecule has 54 valence electrons. The van der Waals surface area contributed by atoms with Crippen molar-refractivity contribution in [2.45, 2.75) is 31.9 Å². The van der Waals surface area contributed by atoms with Gasteiger partial charge in [0.15, 0.2) is 0 Å². The van der Waals surface area contributed by atoms with E-state index in [1.807, 2.05) is 0 Å². The van der Waals surface area contributed by atoms with Gasteiger partial charge >= 0.3 is 0 Å². The zero-order valence-electron chi connectivity index (χ0n) is 6.17. The summed E-state index contributed by atoms with van der Waals surface area (Å²) in [5, 5.41) is 9.16. The standard InChI is InChI=1S/C7H15NO/c1-6-3-4-7(9)5-8(6)2/h6-7,9H,3-5H2,1-2H3/t6-,7-/m0/s1. The fourth-order valence-corrected chi connectivity index (χ4v) is 1.26. The highest BCUT2D eigenvalue weighted by atomic mass is 16.3. The molecular formula is C7H15NO. The summed E-state index contributed by atoms with van der Waals surface area (Å²) in [7, 11) is 2.06. The molecule has 1 rings (SSSR count). The molecule has 0 aromatic carbocycles. The lowest BCUT2D eigenvalue weighted by molar-refractivity contribution is 0.0570. The molecule has 0 saturated carbocycles. The predicted octanol–water partition coefficient (Wildman–Crippen LogP) is 0.461. The van der Waals surface area contributed by atoms with Crippen molar-refractivity contribution >= 4 is 0 Å². The van der Waals surface area contributed by atoms with Crippen molar-refractivity contribution in [2.75, 3.05) is 13.6 Å². The number of rotatable bonds is 0. The van der Waals surface area contributed by atoms with Gasteiger partial charge < -0.3 is 10.0 Å². The van der Waals surface area contributed by atoms with Gasteiger partial charge in [0.1, 0.15) is 0 Å². The van der Waals surface area contributed by atoms with Crippen LogP contribution in [0.3, 0.4) is 0 Å². The van der Waals surface area contributed by atoms with Crippen molar-refractivity contribution in [2.24, 2.45) is 0 Å². The van der Waals surface area contributed by atoms with Crippen molar-refractivity contribution in [1.82, 2.24) is 4.90 Å².